The zero-order valence-electron chi connectivity index (χ0n) is 45.0. The van der Waals surface area contributed by atoms with Crippen molar-refractivity contribution in [2.24, 2.45) is 0 Å². The fraction of sp³-hybridized carbons (Fsp3) is 0.250. The molecule has 2 heterocycles. The Kier molecular flexibility index (Phi) is 20.6. The summed E-state index contributed by atoms with van der Waals surface area (Å²) in [5, 5.41) is 0. The molecule has 8 aromatic carbocycles. The Morgan fingerprint density at radius 2 is 0.585 bits per heavy atom. The van der Waals surface area contributed by atoms with Crippen molar-refractivity contribution >= 4 is 17.9 Å². The Labute approximate surface area is 477 Å². The number of carbonyl (C=O) groups excluding carboxylic acids is 3. The summed E-state index contributed by atoms with van der Waals surface area (Å²) in [6, 6.07) is 73.3. The molecule has 2 aliphatic rings. The van der Waals surface area contributed by atoms with Gasteiger partial charge in [-0.3, -0.25) is 0 Å². The summed E-state index contributed by atoms with van der Waals surface area (Å²) in [7, 11) is 0. The summed E-state index contributed by atoms with van der Waals surface area (Å²) in [4.78, 5) is 43.8. The zero-order valence-corrected chi connectivity index (χ0v) is 45.0. The van der Waals surface area contributed by atoms with E-state index in [9.17, 15) is 14.4 Å². The van der Waals surface area contributed by atoms with Crippen LogP contribution in [-0.2, 0) is 85.1 Å². The Morgan fingerprint density at radius 1 is 0.293 bits per heavy atom. The minimum atomic E-state index is -1.51. The summed E-state index contributed by atoms with van der Waals surface area (Å²) >= 11 is 0. The van der Waals surface area contributed by atoms with E-state index in [1.807, 2.05) is 158 Å². The molecule has 0 radical (unpaired) electrons. The van der Waals surface area contributed by atoms with Gasteiger partial charge in [-0.05, 0) is 64.2 Å². The molecule has 10 atom stereocenters. The van der Waals surface area contributed by atoms with Crippen molar-refractivity contribution in [2.45, 2.75) is 94.4 Å². The maximum Gasteiger partial charge on any atom is 0.338 e. The van der Waals surface area contributed by atoms with E-state index >= 15 is 0 Å². The van der Waals surface area contributed by atoms with Gasteiger partial charge in [-0.2, -0.15) is 0 Å². The first-order valence-electron chi connectivity index (χ1n) is 27.4. The van der Waals surface area contributed by atoms with E-state index in [1.54, 1.807) is 84.9 Å². The average Bonchev–Trinajstić information content (AvgIpc) is 3.67. The lowest BCUT2D eigenvalue weighted by Crippen LogP contribution is -2.67. The standard InChI is InChI=1S/C68H64O14/c69-64(53-35-19-6-20-36-53)79-60-58(74-43-50-29-13-3-14-30-50)56(46-72-41-48-25-9-1-10-26-48)78-68(62(60)75-44-51-31-15-4-16-32-51)82-59-57(47-73-42-49-27-11-2-12-28-49)77-67(76-45-52-33-17-5-18-34-52)63(81-66(71)55-39-23-8-24-40-55)61(59)80-65(70)54-37-21-7-22-38-54/h1-40,56-63,67-68H,41-47H2/t56-,57-,58-,59-,60+,61+,62+,63-,67+,68-/m1/s1. The SMILES string of the molecule is O=C(O[C@@H]1[C@H](OCc2ccccc2)[C@@H](O[C@H]2[C@H](OC(=O)c3ccccc3)[C@@H](OC(=O)c3ccccc3)[C@@H](OCc3ccccc3)O[C@@H]2COCc2ccccc2)O[C@H](COCc2ccccc2)[C@H]1OCc1ccccc1)c1ccccc1. The van der Waals surface area contributed by atoms with Gasteiger partial charge >= 0.3 is 17.9 Å². The highest BCUT2D eigenvalue weighted by Gasteiger charge is 2.57. The second-order valence-corrected chi connectivity index (χ2v) is 19.7. The average molecular weight is 1110 g/mol. The van der Waals surface area contributed by atoms with Crippen LogP contribution in [0.2, 0.25) is 0 Å². The Balaban J connectivity index is 1.09. The quantitative estimate of drug-likeness (QED) is 0.0394. The van der Waals surface area contributed by atoms with Crippen LogP contribution in [0.1, 0.15) is 58.9 Å². The van der Waals surface area contributed by atoms with E-state index in [0.717, 1.165) is 27.8 Å². The molecule has 0 N–H and O–H groups in total. The topological polar surface area (TPSA) is 153 Å². The lowest BCUT2D eigenvalue weighted by atomic mass is 9.95. The van der Waals surface area contributed by atoms with Crippen LogP contribution in [0.25, 0.3) is 0 Å². The monoisotopic (exact) mass is 1100 g/mol. The van der Waals surface area contributed by atoms with Gasteiger partial charge in [0.2, 0.25) is 0 Å². The molecule has 0 amide bonds. The molecule has 2 saturated heterocycles. The van der Waals surface area contributed by atoms with Crippen molar-refractivity contribution in [2.75, 3.05) is 13.2 Å². The maximum atomic E-state index is 14.7. The van der Waals surface area contributed by atoms with Crippen LogP contribution >= 0.6 is 0 Å². The van der Waals surface area contributed by atoms with Crippen LogP contribution in [0, 0.1) is 0 Å². The lowest BCUT2D eigenvalue weighted by molar-refractivity contribution is -0.367. The van der Waals surface area contributed by atoms with Crippen LogP contribution in [0.5, 0.6) is 0 Å². The minimum Gasteiger partial charge on any atom is -0.453 e. The second-order valence-electron chi connectivity index (χ2n) is 19.7. The third-order valence-electron chi connectivity index (χ3n) is 13.8. The van der Waals surface area contributed by atoms with E-state index in [0.29, 0.717) is 0 Å². The Hall–Kier alpha value is -8.15. The molecule has 82 heavy (non-hydrogen) atoms. The number of esters is 3. The van der Waals surface area contributed by atoms with Gasteiger partial charge in [0.15, 0.2) is 30.9 Å². The van der Waals surface area contributed by atoms with Gasteiger partial charge in [-0.1, -0.05) is 206 Å². The molecule has 14 nitrogen and oxygen atoms in total. The predicted molar refractivity (Wildman–Crippen MR) is 303 cm³/mol. The molecule has 0 aromatic heterocycles. The second kappa shape index (κ2) is 29.5. The van der Waals surface area contributed by atoms with Crippen molar-refractivity contribution in [3.05, 3.63) is 287 Å². The van der Waals surface area contributed by atoms with E-state index in [2.05, 4.69) is 0 Å². The highest BCUT2D eigenvalue weighted by Crippen LogP contribution is 2.37. The zero-order chi connectivity index (χ0) is 56.1. The largest absolute Gasteiger partial charge is 0.453 e. The number of hydrogen-bond acceptors (Lipinski definition) is 14. The van der Waals surface area contributed by atoms with Gasteiger partial charge in [-0.25, -0.2) is 14.4 Å². The molecule has 0 unspecified atom stereocenters. The first-order chi connectivity index (χ1) is 40.4. The van der Waals surface area contributed by atoms with Crippen molar-refractivity contribution < 1.29 is 66.5 Å². The summed E-state index contributed by atoms with van der Waals surface area (Å²) in [5.74, 6) is -2.17. The van der Waals surface area contributed by atoms with Crippen molar-refractivity contribution in [1.29, 1.82) is 0 Å². The van der Waals surface area contributed by atoms with Crippen LogP contribution < -0.4 is 0 Å². The van der Waals surface area contributed by atoms with E-state index in [1.165, 1.54) is 0 Å². The Bertz CT molecular complexity index is 3160. The smallest absolute Gasteiger partial charge is 0.338 e. The first-order valence-corrected chi connectivity index (χ1v) is 27.4. The van der Waals surface area contributed by atoms with Crippen LogP contribution in [0.15, 0.2) is 243 Å². The predicted octanol–water partition coefficient (Wildman–Crippen LogP) is 11.3. The van der Waals surface area contributed by atoms with E-state index in [4.69, 9.17) is 52.1 Å². The summed E-state index contributed by atoms with van der Waals surface area (Å²) < 4.78 is 74.6. The van der Waals surface area contributed by atoms with Crippen LogP contribution in [0.4, 0.5) is 0 Å². The van der Waals surface area contributed by atoms with Gasteiger partial charge in [0.25, 0.3) is 0 Å². The number of hydrogen-bond donors (Lipinski definition) is 0. The molecule has 10 rings (SSSR count). The molecule has 2 fully saturated rings. The van der Waals surface area contributed by atoms with Crippen LogP contribution in [-0.4, -0.2) is 92.5 Å². The molecular formula is C68H64O14. The van der Waals surface area contributed by atoms with Crippen LogP contribution in [0.3, 0.4) is 0 Å². The van der Waals surface area contributed by atoms with Gasteiger partial charge < -0.3 is 52.1 Å². The summed E-state index contributed by atoms with van der Waals surface area (Å²) in [5.41, 5.74) is 4.92. The lowest BCUT2D eigenvalue weighted by Gasteiger charge is -2.49. The molecule has 2 aliphatic heterocycles. The van der Waals surface area contributed by atoms with Gasteiger partial charge in [0.05, 0.1) is 62.9 Å². The summed E-state index contributed by atoms with van der Waals surface area (Å²) in [6.45, 7) is 0.219. The maximum absolute atomic E-state index is 14.7. The fourth-order valence-electron chi connectivity index (χ4n) is 9.68. The molecule has 8 aromatic rings. The van der Waals surface area contributed by atoms with Crippen molar-refractivity contribution in [3.8, 4) is 0 Å². The normalized spacial score (nSPS) is 22.3. The number of benzene rings is 8. The number of ether oxygens (including phenoxy) is 11. The third-order valence-corrected chi connectivity index (χ3v) is 13.8. The Morgan fingerprint density at radius 3 is 0.976 bits per heavy atom. The molecule has 14 heteroatoms. The summed E-state index contributed by atoms with van der Waals surface area (Å²) in [6.07, 6.45) is -13.0. The van der Waals surface area contributed by atoms with Crippen molar-refractivity contribution in [1.82, 2.24) is 0 Å². The highest BCUT2D eigenvalue weighted by atomic mass is 16.8. The first kappa shape index (κ1) is 57.1. The molecule has 0 spiro atoms. The van der Waals surface area contributed by atoms with E-state index in [-0.39, 0.29) is 62.9 Å². The number of carbonyl (C=O) groups is 3. The number of rotatable bonds is 25. The molecule has 420 valence electrons. The molecule has 0 aliphatic carbocycles. The molecule has 0 saturated carbocycles. The molecular weight excluding hydrogens is 1040 g/mol. The van der Waals surface area contributed by atoms with Gasteiger partial charge in [-0.15, -0.1) is 0 Å². The van der Waals surface area contributed by atoms with Gasteiger partial charge in [0, 0.05) is 0 Å². The van der Waals surface area contributed by atoms with E-state index < -0.39 is 79.3 Å². The third kappa shape index (κ3) is 15.8. The fourth-order valence-corrected chi connectivity index (χ4v) is 9.68. The minimum absolute atomic E-state index is 0.00138. The van der Waals surface area contributed by atoms with Gasteiger partial charge in [0.1, 0.15) is 30.5 Å². The van der Waals surface area contributed by atoms with Crippen molar-refractivity contribution in [3.63, 3.8) is 0 Å². The molecule has 0 bridgehead atoms. The highest BCUT2D eigenvalue weighted by molar-refractivity contribution is 5.91.